The molecule has 1 rings (SSSR count). The van der Waals surface area contributed by atoms with Crippen molar-refractivity contribution in [1.82, 2.24) is 0 Å². The van der Waals surface area contributed by atoms with Crippen LogP contribution in [0.3, 0.4) is 0 Å². The summed E-state index contributed by atoms with van der Waals surface area (Å²) in [5.74, 6) is -1.44. The summed E-state index contributed by atoms with van der Waals surface area (Å²) in [5, 5.41) is 10.2. The van der Waals surface area contributed by atoms with E-state index in [2.05, 4.69) is 0 Å². The smallest absolute Gasteiger partial charge is 0.348 e. The minimum atomic E-state index is -0.975. The van der Waals surface area contributed by atoms with Crippen LogP contribution in [-0.4, -0.2) is 23.1 Å². The van der Waals surface area contributed by atoms with E-state index in [4.69, 9.17) is 9.84 Å². The second-order valence-corrected chi connectivity index (χ2v) is 3.74. The molecule has 0 saturated heterocycles. The maximum absolute atomic E-state index is 11.3. The summed E-state index contributed by atoms with van der Waals surface area (Å²) in [5.41, 5.74) is 0. The van der Waals surface area contributed by atoms with Gasteiger partial charge >= 0.3 is 11.9 Å². The van der Waals surface area contributed by atoms with Crippen LogP contribution in [0.2, 0.25) is 0 Å². The highest BCUT2D eigenvalue weighted by Crippen LogP contribution is 2.11. The summed E-state index contributed by atoms with van der Waals surface area (Å²) < 4.78 is 4.90. The van der Waals surface area contributed by atoms with Crippen LogP contribution < -0.4 is 0 Å². The van der Waals surface area contributed by atoms with Crippen molar-refractivity contribution in [2.75, 3.05) is 0 Å². The Hall–Kier alpha value is -1.36. The standard InChI is InChI=1S/C9H10O4S/c1-6(5-8(10)11)13-9(12)7-3-2-4-14-7/h2-4,6H,5H2,1H3,(H,10,11). The predicted molar refractivity (Wildman–Crippen MR) is 51.4 cm³/mol. The van der Waals surface area contributed by atoms with Crippen LogP contribution in [-0.2, 0) is 9.53 Å². The van der Waals surface area contributed by atoms with Gasteiger partial charge in [-0.3, -0.25) is 4.79 Å². The Morgan fingerprint density at radius 1 is 1.64 bits per heavy atom. The second kappa shape index (κ2) is 4.76. The molecule has 0 aliphatic carbocycles. The van der Waals surface area contributed by atoms with Gasteiger partial charge in [0.25, 0.3) is 0 Å². The van der Waals surface area contributed by atoms with E-state index in [1.54, 1.807) is 24.4 Å². The van der Waals surface area contributed by atoms with Crippen LogP contribution in [0.15, 0.2) is 17.5 Å². The van der Waals surface area contributed by atoms with E-state index in [1.165, 1.54) is 11.3 Å². The molecule has 1 aromatic heterocycles. The normalized spacial score (nSPS) is 12.1. The Balaban J connectivity index is 2.45. The van der Waals surface area contributed by atoms with Gasteiger partial charge in [-0.05, 0) is 18.4 Å². The van der Waals surface area contributed by atoms with Gasteiger partial charge in [-0.1, -0.05) is 6.07 Å². The number of hydrogen-bond acceptors (Lipinski definition) is 4. The van der Waals surface area contributed by atoms with Gasteiger partial charge in [-0.2, -0.15) is 0 Å². The summed E-state index contributed by atoms with van der Waals surface area (Å²) in [6, 6.07) is 3.38. The lowest BCUT2D eigenvalue weighted by Crippen LogP contribution is -2.17. The van der Waals surface area contributed by atoms with E-state index in [1.807, 2.05) is 0 Å². The Bertz CT molecular complexity index is 318. The predicted octanol–water partition coefficient (Wildman–Crippen LogP) is 1.77. The second-order valence-electron chi connectivity index (χ2n) is 2.79. The SMILES string of the molecule is CC(CC(=O)O)OC(=O)c1cccs1. The lowest BCUT2D eigenvalue weighted by molar-refractivity contribution is -0.138. The van der Waals surface area contributed by atoms with Crippen molar-refractivity contribution in [2.45, 2.75) is 19.4 Å². The largest absolute Gasteiger partial charge is 0.481 e. The highest BCUT2D eigenvalue weighted by atomic mass is 32.1. The van der Waals surface area contributed by atoms with Crippen LogP contribution >= 0.6 is 11.3 Å². The minimum Gasteiger partial charge on any atom is -0.481 e. The van der Waals surface area contributed by atoms with E-state index in [0.29, 0.717) is 4.88 Å². The molecule has 14 heavy (non-hydrogen) atoms. The highest BCUT2D eigenvalue weighted by Gasteiger charge is 2.14. The molecule has 0 aromatic carbocycles. The van der Waals surface area contributed by atoms with Gasteiger partial charge in [-0.25, -0.2) is 4.79 Å². The van der Waals surface area contributed by atoms with Gasteiger partial charge in [0.05, 0.1) is 6.42 Å². The Kier molecular flexibility index (Phi) is 3.64. The first-order chi connectivity index (χ1) is 6.59. The van der Waals surface area contributed by atoms with Crippen molar-refractivity contribution < 1.29 is 19.4 Å². The highest BCUT2D eigenvalue weighted by molar-refractivity contribution is 7.11. The molecule has 1 unspecified atom stereocenters. The molecular formula is C9H10O4S. The fourth-order valence-electron chi connectivity index (χ4n) is 0.923. The van der Waals surface area contributed by atoms with Gasteiger partial charge in [0.2, 0.25) is 0 Å². The van der Waals surface area contributed by atoms with Crippen LogP contribution in [0, 0.1) is 0 Å². The fourth-order valence-corrected chi connectivity index (χ4v) is 1.53. The molecule has 1 atom stereocenters. The van der Waals surface area contributed by atoms with Crippen LogP contribution in [0.1, 0.15) is 23.0 Å². The molecule has 0 aliphatic rings. The number of hydrogen-bond donors (Lipinski definition) is 1. The number of carboxylic acid groups (broad SMARTS) is 1. The van der Waals surface area contributed by atoms with Crippen LogP contribution in [0.25, 0.3) is 0 Å². The van der Waals surface area contributed by atoms with E-state index in [-0.39, 0.29) is 6.42 Å². The lowest BCUT2D eigenvalue weighted by Gasteiger charge is -2.09. The number of esters is 1. The zero-order chi connectivity index (χ0) is 10.6. The first-order valence-corrected chi connectivity index (χ1v) is 4.94. The number of carbonyl (C=O) groups excluding carboxylic acids is 1. The maximum atomic E-state index is 11.3. The van der Waals surface area contributed by atoms with Crippen molar-refractivity contribution in [3.05, 3.63) is 22.4 Å². The molecule has 0 saturated carbocycles. The molecule has 0 aliphatic heterocycles. The Labute approximate surface area is 85.1 Å². The van der Waals surface area contributed by atoms with E-state index in [9.17, 15) is 9.59 Å². The summed E-state index contributed by atoms with van der Waals surface area (Å²) in [6.45, 7) is 1.56. The van der Waals surface area contributed by atoms with Gasteiger partial charge < -0.3 is 9.84 Å². The van der Waals surface area contributed by atoms with E-state index >= 15 is 0 Å². The summed E-state index contributed by atoms with van der Waals surface area (Å²) >= 11 is 1.27. The minimum absolute atomic E-state index is 0.170. The number of thiophene rings is 1. The molecule has 1 N–H and O–H groups in total. The van der Waals surface area contributed by atoms with Gasteiger partial charge in [0, 0.05) is 0 Å². The zero-order valence-corrected chi connectivity index (χ0v) is 8.41. The van der Waals surface area contributed by atoms with E-state index < -0.39 is 18.0 Å². The van der Waals surface area contributed by atoms with Crippen LogP contribution in [0.4, 0.5) is 0 Å². The van der Waals surface area contributed by atoms with Crippen molar-refractivity contribution in [2.24, 2.45) is 0 Å². The lowest BCUT2D eigenvalue weighted by atomic mass is 10.3. The Morgan fingerprint density at radius 2 is 2.36 bits per heavy atom. The van der Waals surface area contributed by atoms with Crippen molar-refractivity contribution in [1.29, 1.82) is 0 Å². The molecule has 4 nitrogen and oxygen atoms in total. The summed E-state index contributed by atoms with van der Waals surface area (Å²) in [7, 11) is 0. The fraction of sp³-hybridized carbons (Fsp3) is 0.333. The van der Waals surface area contributed by atoms with Gasteiger partial charge in [0.1, 0.15) is 11.0 Å². The number of ether oxygens (including phenoxy) is 1. The van der Waals surface area contributed by atoms with Gasteiger partial charge in [-0.15, -0.1) is 11.3 Å². The molecule has 0 bridgehead atoms. The average molecular weight is 214 g/mol. The summed E-state index contributed by atoms with van der Waals surface area (Å²) in [6.07, 6.45) is -0.765. The van der Waals surface area contributed by atoms with E-state index in [0.717, 1.165) is 0 Å². The first-order valence-electron chi connectivity index (χ1n) is 4.06. The zero-order valence-electron chi connectivity index (χ0n) is 7.60. The molecular weight excluding hydrogens is 204 g/mol. The van der Waals surface area contributed by atoms with Crippen molar-refractivity contribution in [3.63, 3.8) is 0 Å². The summed E-state index contributed by atoms with van der Waals surface area (Å²) in [4.78, 5) is 22.1. The third-order valence-electron chi connectivity index (χ3n) is 1.49. The molecule has 0 radical (unpaired) electrons. The third-order valence-corrected chi connectivity index (χ3v) is 2.34. The molecule has 1 heterocycles. The third kappa shape index (κ3) is 3.18. The first kappa shape index (κ1) is 10.7. The maximum Gasteiger partial charge on any atom is 0.348 e. The quantitative estimate of drug-likeness (QED) is 0.776. The number of aliphatic carboxylic acids is 1. The topological polar surface area (TPSA) is 63.6 Å². The molecule has 0 amide bonds. The molecule has 5 heteroatoms. The number of rotatable bonds is 4. The molecule has 0 fully saturated rings. The van der Waals surface area contributed by atoms with Crippen LogP contribution in [0.5, 0.6) is 0 Å². The number of carbonyl (C=O) groups is 2. The monoisotopic (exact) mass is 214 g/mol. The van der Waals surface area contributed by atoms with Crippen molar-refractivity contribution >= 4 is 23.3 Å². The Morgan fingerprint density at radius 3 is 2.86 bits per heavy atom. The number of carboxylic acids is 1. The molecule has 76 valence electrons. The van der Waals surface area contributed by atoms with Gasteiger partial charge in [0.15, 0.2) is 0 Å². The average Bonchev–Trinajstić information content (AvgIpc) is 2.53. The molecule has 1 aromatic rings. The van der Waals surface area contributed by atoms with Crippen molar-refractivity contribution in [3.8, 4) is 0 Å². The molecule has 0 spiro atoms.